The van der Waals surface area contributed by atoms with E-state index in [1.165, 1.54) is 11.3 Å². The third-order valence-corrected chi connectivity index (χ3v) is 7.10. The van der Waals surface area contributed by atoms with Crippen LogP contribution in [-0.2, 0) is 4.74 Å². The maximum Gasteiger partial charge on any atom is 0.407 e. The van der Waals surface area contributed by atoms with Gasteiger partial charge in [0, 0.05) is 33.0 Å². The van der Waals surface area contributed by atoms with E-state index in [2.05, 4.69) is 33.5 Å². The molecule has 2 aromatic carbocycles. The van der Waals surface area contributed by atoms with Crippen molar-refractivity contribution in [1.29, 1.82) is 0 Å². The normalized spacial score (nSPS) is 12.1. The number of halogens is 1. The number of anilines is 1. The number of amides is 2. The van der Waals surface area contributed by atoms with Gasteiger partial charge in [-0.25, -0.2) is 4.79 Å². The van der Waals surface area contributed by atoms with E-state index in [0.717, 1.165) is 38.2 Å². The number of rotatable bonds is 7. The summed E-state index contributed by atoms with van der Waals surface area (Å²) in [5.74, 6) is 0.666. The molecule has 0 aliphatic heterocycles. The highest BCUT2D eigenvalue weighted by Gasteiger charge is 2.18. The lowest BCUT2D eigenvalue weighted by Crippen LogP contribution is -2.34. The number of ether oxygens (including phenoxy) is 2. The Bertz CT molecular complexity index is 1200. The average Bonchev–Trinajstić information content (AvgIpc) is 3.23. The van der Waals surface area contributed by atoms with Gasteiger partial charge in [0.15, 0.2) is 0 Å². The van der Waals surface area contributed by atoms with E-state index in [4.69, 9.17) is 9.47 Å². The molecule has 1 aromatic heterocycles. The van der Waals surface area contributed by atoms with Gasteiger partial charge in [0.25, 0.3) is 5.91 Å². The molecule has 0 saturated heterocycles. The van der Waals surface area contributed by atoms with Crippen molar-refractivity contribution in [3.63, 3.8) is 0 Å². The van der Waals surface area contributed by atoms with Gasteiger partial charge in [-0.05, 0) is 78.4 Å². The molecular weight excluding hydrogens is 528 g/mol. The molecular formula is C27H31BrN2O4S. The molecule has 0 aliphatic rings. The van der Waals surface area contributed by atoms with Crippen LogP contribution in [0.2, 0.25) is 0 Å². The molecule has 0 aliphatic carbocycles. The minimum Gasteiger partial charge on any atom is -0.496 e. The number of nitrogens with one attached hydrogen (secondary N) is 2. The summed E-state index contributed by atoms with van der Waals surface area (Å²) < 4.78 is 11.7. The van der Waals surface area contributed by atoms with Crippen molar-refractivity contribution in [2.45, 2.75) is 46.1 Å². The van der Waals surface area contributed by atoms with Gasteiger partial charge in [-0.2, -0.15) is 11.3 Å². The number of hydrogen-bond acceptors (Lipinski definition) is 5. The standard InChI is InChI=1S/C27H31BrN2O4S/c1-16-11-24(33-6)20(12-23(16)30-25(31)21-14-35-15-22(21)28)19-9-7-18(8-10-19)17(2)13-29-26(32)34-27(3,4)5/h7-12,14-15,17H,13H2,1-6H3,(H,29,32)(H,30,31)/t17-/m0/s1. The number of hydrogen-bond donors (Lipinski definition) is 2. The largest absolute Gasteiger partial charge is 0.496 e. The van der Waals surface area contributed by atoms with Crippen molar-refractivity contribution in [2.24, 2.45) is 0 Å². The number of benzene rings is 2. The number of methoxy groups -OCH3 is 1. The first-order valence-corrected chi connectivity index (χ1v) is 13.0. The molecule has 0 unspecified atom stereocenters. The molecule has 1 atom stereocenters. The fraction of sp³-hybridized carbons (Fsp3) is 0.333. The minimum atomic E-state index is -0.527. The molecule has 0 spiro atoms. The predicted octanol–water partition coefficient (Wildman–Crippen LogP) is 7.38. The van der Waals surface area contributed by atoms with Gasteiger partial charge < -0.3 is 20.1 Å². The number of thiophene rings is 1. The van der Waals surface area contributed by atoms with Gasteiger partial charge in [0.2, 0.25) is 0 Å². The summed E-state index contributed by atoms with van der Waals surface area (Å²) in [5.41, 5.74) is 4.64. The first-order chi connectivity index (χ1) is 16.5. The molecule has 6 nitrogen and oxygen atoms in total. The fourth-order valence-corrected chi connectivity index (χ4v) is 4.96. The third-order valence-electron chi connectivity index (χ3n) is 5.40. The van der Waals surface area contributed by atoms with E-state index in [1.54, 1.807) is 7.11 Å². The summed E-state index contributed by atoms with van der Waals surface area (Å²) in [6, 6.07) is 12.0. The second kappa shape index (κ2) is 11.3. The molecule has 2 amide bonds. The first-order valence-electron chi connectivity index (χ1n) is 11.3. The molecule has 0 radical (unpaired) electrons. The highest BCUT2D eigenvalue weighted by Crippen LogP contribution is 2.36. The summed E-state index contributed by atoms with van der Waals surface area (Å²) in [4.78, 5) is 24.7. The smallest absolute Gasteiger partial charge is 0.407 e. The van der Waals surface area contributed by atoms with Crippen LogP contribution in [0.25, 0.3) is 11.1 Å². The first kappa shape index (κ1) is 26.8. The zero-order valence-electron chi connectivity index (χ0n) is 20.8. The average molecular weight is 560 g/mol. The molecule has 3 aromatic rings. The molecule has 0 saturated carbocycles. The Kier molecular flexibility index (Phi) is 8.61. The Morgan fingerprint density at radius 3 is 2.37 bits per heavy atom. The second-order valence-corrected chi connectivity index (χ2v) is 11.0. The van der Waals surface area contributed by atoms with Crippen molar-refractivity contribution in [3.05, 3.63) is 68.3 Å². The molecule has 0 bridgehead atoms. The lowest BCUT2D eigenvalue weighted by atomic mass is 9.96. The van der Waals surface area contributed by atoms with E-state index < -0.39 is 11.7 Å². The maximum atomic E-state index is 12.8. The van der Waals surface area contributed by atoms with Crippen LogP contribution in [0.4, 0.5) is 10.5 Å². The summed E-state index contributed by atoms with van der Waals surface area (Å²) in [6.07, 6.45) is -0.422. The van der Waals surface area contributed by atoms with Crippen LogP contribution in [0.5, 0.6) is 5.75 Å². The molecule has 8 heteroatoms. The Morgan fingerprint density at radius 2 is 1.80 bits per heavy atom. The van der Waals surface area contributed by atoms with Crippen molar-refractivity contribution in [1.82, 2.24) is 5.32 Å². The van der Waals surface area contributed by atoms with E-state index in [0.29, 0.717) is 12.1 Å². The Morgan fingerprint density at radius 1 is 1.11 bits per heavy atom. The van der Waals surface area contributed by atoms with E-state index in [9.17, 15) is 9.59 Å². The zero-order valence-corrected chi connectivity index (χ0v) is 23.2. The summed E-state index contributed by atoms with van der Waals surface area (Å²) in [5, 5.41) is 9.54. The SMILES string of the molecule is COc1cc(C)c(NC(=O)c2cscc2Br)cc1-c1ccc([C@@H](C)CNC(=O)OC(C)(C)C)cc1. The van der Waals surface area contributed by atoms with Gasteiger partial charge in [0.1, 0.15) is 11.4 Å². The quantitative estimate of drug-likeness (QED) is 0.317. The molecule has 35 heavy (non-hydrogen) atoms. The van der Waals surface area contributed by atoms with Gasteiger partial charge in [0.05, 0.1) is 12.7 Å². The number of alkyl carbamates (subject to hydrolysis) is 1. The third kappa shape index (κ3) is 7.08. The maximum absolute atomic E-state index is 12.8. The van der Waals surface area contributed by atoms with Crippen LogP contribution in [0, 0.1) is 6.92 Å². The van der Waals surface area contributed by atoms with Crippen LogP contribution in [0.3, 0.4) is 0 Å². The lowest BCUT2D eigenvalue weighted by Gasteiger charge is -2.21. The monoisotopic (exact) mass is 558 g/mol. The van der Waals surface area contributed by atoms with E-state index in [-0.39, 0.29) is 11.8 Å². The number of carbonyl (C=O) groups excluding carboxylic acids is 2. The Balaban J connectivity index is 1.77. The summed E-state index contributed by atoms with van der Waals surface area (Å²) in [7, 11) is 1.64. The van der Waals surface area contributed by atoms with Gasteiger partial charge in [-0.15, -0.1) is 0 Å². The second-order valence-electron chi connectivity index (χ2n) is 9.36. The highest BCUT2D eigenvalue weighted by molar-refractivity contribution is 9.10. The lowest BCUT2D eigenvalue weighted by molar-refractivity contribution is 0.0525. The molecule has 186 valence electrons. The van der Waals surface area contributed by atoms with Crippen LogP contribution in [0.1, 0.15) is 55.1 Å². The topological polar surface area (TPSA) is 76.7 Å². The Hall–Kier alpha value is -2.84. The van der Waals surface area contributed by atoms with Crippen LogP contribution < -0.4 is 15.4 Å². The van der Waals surface area contributed by atoms with Crippen molar-refractivity contribution in [3.8, 4) is 16.9 Å². The van der Waals surface area contributed by atoms with Gasteiger partial charge >= 0.3 is 6.09 Å². The van der Waals surface area contributed by atoms with Crippen LogP contribution in [0.15, 0.2) is 51.6 Å². The van der Waals surface area contributed by atoms with Crippen molar-refractivity contribution >= 4 is 45.0 Å². The molecule has 3 rings (SSSR count). The van der Waals surface area contributed by atoms with Gasteiger partial charge in [-0.3, -0.25) is 4.79 Å². The fourth-order valence-electron chi connectivity index (χ4n) is 3.50. The summed E-state index contributed by atoms with van der Waals surface area (Å²) in [6.45, 7) is 9.97. The number of carbonyl (C=O) groups is 2. The summed E-state index contributed by atoms with van der Waals surface area (Å²) >= 11 is 4.89. The zero-order chi connectivity index (χ0) is 25.8. The van der Waals surface area contributed by atoms with Crippen LogP contribution >= 0.6 is 27.3 Å². The Labute approximate surface area is 219 Å². The number of aryl methyl sites for hydroxylation is 1. The predicted molar refractivity (Wildman–Crippen MR) is 146 cm³/mol. The molecule has 0 fully saturated rings. The van der Waals surface area contributed by atoms with Crippen molar-refractivity contribution in [2.75, 3.05) is 19.0 Å². The highest BCUT2D eigenvalue weighted by atomic mass is 79.9. The van der Waals surface area contributed by atoms with Crippen LogP contribution in [-0.4, -0.2) is 31.3 Å². The minimum absolute atomic E-state index is 0.107. The molecule has 2 N–H and O–H groups in total. The molecule has 1 heterocycles. The van der Waals surface area contributed by atoms with E-state index >= 15 is 0 Å². The van der Waals surface area contributed by atoms with E-state index in [1.807, 2.05) is 74.9 Å². The van der Waals surface area contributed by atoms with Crippen molar-refractivity contribution < 1.29 is 19.1 Å². The van der Waals surface area contributed by atoms with Gasteiger partial charge in [-0.1, -0.05) is 31.2 Å².